The van der Waals surface area contributed by atoms with Crippen molar-refractivity contribution >= 4 is 23.8 Å². The van der Waals surface area contributed by atoms with E-state index < -0.39 is 5.82 Å². The number of nitrogens with one attached hydrogen (secondary N) is 1. The normalized spacial score (nSPS) is 12.1. The van der Waals surface area contributed by atoms with E-state index in [1.807, 2.05) is 0 Å². The first-order valence-electron chi connectivity index (χ1n) is 3.85. The van der Waals surface area contributed by atoms with Gasteiger partial charge in [-0.05, 0) is 17.7 Å². The molecule has 0 bridgehead atoms. The van der Waals surface area contributed by atoms with Crippen molar-refractivity contribution in [2.45, 2.75) is 0 Å². The van der Waals surface area contributed by atoms with Crippen LogP contribution in [0.4, 0.5) is 4.39 Å². The highest BCUT2D eigenvalue weighted by Crippen LogP contribution is 2.14. The summed E-state index contributed by atoms with van der Waals surface area (Å²) in [4.78, 5) is 0. The molecule has 0 aliphatic heterocycles. The second-order valence-electron chi connectivity index (χ2n) is 2.52. The van der Waals surface area contributed by atoms with Crippen molar-refractivity contribution < 1.29 is 9.60 Å². The molecule has 80 valence electrons. The maximum absolute atomic E-state index is 12.7. The van der Waals surface area contributed by atoms with Crippen LogP contribution in [-0.2, 0) is 0 Å². The molecule has 1 rings (SSSR count). The molecule has 1 aromatic carbocycles. The van der Waals surface area contributed by atoms with Crippen LogP contribution in [0.15, 0.2) is 28.4 Å². The van der Waals surface area contributed by atoms with Crippen LogP contribution in [0.1, 0.15) is 5.56 Å². The van der Waals surface area contributed by atoms with Crippen LogP contribution in [0.2, 0.25) is 5.02 Å². The zero-order valence-corrected chi connectivity index (χ0v) is 8.24. The maximum atomic E-state index is 12.7. The van der Waals surface area contributed by atoms with Crippen LogP contribution in [0, 0.1) is 5.82 Å². The average Bonchev–Trinajstić information content (AvgIpc) is 2.23. The van der Waals surface area contributed by atoms with Crippen molar-refractivity contribution in [2.75, 3.05) is 0 Å². The third kappa shape index (κ3) is 3.53. The van der Waals surface area contributed by atoms with E-state index in [-0.39, 0.29) is 11.0 Å². The summed E-state index contributed by atoms with van der Waals surface area (Å²) in [5.41, 5.74) is 7.25. The first-order chi connectivity index (χ1) is 7.13. The Balaban J connectivity index is 2.77. The predicted molar refractivity (Wildman–Crippen MR) is 55.5 cm³/mol. The molecule has 0 atom stereocenters. The van der Waals surface area contributed by atoms with Gasteiger partial charge in [0.2, 0.25) is 5.96 Å². The Morgan fingerprint density at radius 2 is 2.33 bits per heavy atom. The Kier molecular flexibility index (Phi) is 4.02. The lowest BCUT2D eigenvalue weighted by atomic mass is 10.2. The largest absolute Gasteiger partial charge is 0.367 e. The molecule has 0 aliphatic rings. The van der Waals surface area contributed by atoms with Gasteiger partial charge in [0, 0.05) is 0 Å². The molecular weight excluding hydrogens is 223 g/mol. The number of hydrogen-bond donors (Lipinski definition) is 3. The SMILES string of the molecule is NC(=NN=Cc1ccc(F)c(Cl)c1)NO. The zero-order chi connectivity index (χ0) is 11.3. The van der Waals surface area contributed by atoms with Crippen LogP contribution in [0.3, 0.4) is 0 Å². The molecule has 0 saturated heterocycles. The second kappa shape index (κ2) is 5.28. The quantitative estimate of drug-likeness (QED) is 0.404. The van der Waals surface area contributed by atoms with Gasteiger partial charge >= 0.3 is 0 Å². The Morgan fingerprint density at radius 1 is 1.60 bits per heavy atom. The zero-order valence-electron chi connectivity index (χ0n) is 7.48. The standard InChI is InChI=1S/C8H8ClFN4O/c9-6-3-5(1-2-7(6)10)4-12-13-8(11)14-15/h1-4,15H,(H3,11,13,14). The summed E-state index contributed by atoms with van der Waals surface area (Å²) in [7, 11) is 0. The minimum Gasteiger partial charge on any atom is -0.367 e. The minimum absolute atomic E-state index is 0.00353. The fourth-order valence-corrected chi connectivity index (χ4v) is 0.962. The molecule has 0 spiro atoms. The van der Waals surface area contributed by atoms with E-state index in [1.54, 1.807) is 5.48 Å². The fraction of sp³-hybridized carbons (Fsp3) is 0. The number of guanidine groups is 1. The van der Waals surface area contributed by atoms with Gasteiger partial charge in [-0.15, -0.1) is 5.10 Å². The van der Waals surface area contributed by atoms with Crippen molar-refractivity contribution in [3.63, 3.8) is 0 Å². The number of nitrogens with zero attached hydrogens (tertiary/aromatic N) is 2. The van der Waals surface area contributed by atoms with E-state index in [1.165, 1.54) is 24.4 Å². The van der Waals surface area contributed by atoms with Gasteiger partial charge in [-0.25, -0.2) is 9.87 Å². The number of nitrogens with two attached hydrogens (primary N) is 1. The van der Waals surface area contributed by atoms with Gasteiger partial charge in [-0.2, -0.15) is 5.10 Å². The van der Waals surface area contributed by atoms with Gasteiger partial charge in [0.05, 0.1) is 11.2 Å². The van der Waals surface area contributed by atoms with Crippen LogP contribution in [0.5, 0.6) is 0 Å². The first-order valence-corrected chi connectivity index (χ1v) is 4.23. The summed E-state index contributed by atoms with van der Waals surface area (Å²) in [5.74, 6) is -0.756. The molecule has 4 N–H and O–H groups in total. The molecule has 1 aromatic rings. The molecule has 0 fully saturated rings. The molecule has 0 radical (unpaired) electrons. The molecule has 0 aliphatic carbocycles. The molecule has 0 heterocycles. The van der Waals surface area contributed by atoms with E-state index in [0.717, 1.165) is 0 Å². The molecule has 7 heteroatoms. The Bertz CT molecular complexity index is 408. The molecule has 5 nitrogen and oxygen atoms in total. The number of rotatable bonds is 2. The van der Waals surface area contributed by atoms with Crippen molar-refractivity contribution in [2.24, 2.45) is 15.9 Å². The van der Waals surface area contributed by atoms with Gasteiger partial charge in [0.1, 0.15) is 5.82 Å². The third-order valence-electron chi connectivity index (χ3n) is 1.43. The first kappa shape index (κ1) is 11.4. The van der Waals surface area contributed by atoms with Crippen LogP contribution in [-0.4, -0.2) is 17.4 Å². The van der Waals surface area contributed by atoms with E-state index in [0.29, 0.717) is 5.56 Å². The van der Waals surface area contributed by atoms with Gasteiger partial charge < -0.3 is 5.73 Å². The summed E-state index contributed by atoms with van der Waals surface area (Å²) in [5, 5.41) is 15.1. The van der Waals surface area contributed by atoms with E-state index in [2.05, 4.69) is 10.2 Å². The summed E-state index contributed by atoms with van der Waals surface area (Å²) in [6.07, 6.45) is 1.32. The van der Waals surface area contributed by atoms with Crippen LogP contribution in [0.25, 0.3) is 0 Å². The van der Waals surface area contributed by atoms with E-state index >= 15 is 0 Å². The smallest absolute Gasteiger partial charge is 0.237 e. The second-order valence-corrected chi connectivity index (χ2v) is 2.92. The number of hydrogen-bond acceptors (Lipinski definition) is 3. The van der Waals surface area contributed by atoms with Crippen molar-refractivity contribution in [3.8, 4) is 0 Å². The number of hydroxylamine groups is 1. The van der Waals surface area contributed by atoms with Gasteiger partial charge in [-0.1, -0.05) is 17.7 Å². The maximum Gasteiger partial charge on any atom is 0.237 e. The summed E-state index contributed by atoms with van der Waals surface area (Å²) in [6, 6.07) is 4.07. The lowest BCUT2D eigenvalue weighted by Crippen LogP contribution is -2.27. The molecule has 0 saturated carbocycles. The van der Waals surface area contributed by atoms with E-state index in [4.69, 9.17) is 22.5 Å². The highest BCUT2D eigenvalue weighted by Gasteiger charge is 1.98. The molecule has 0 aromatic heterocycles. The Morgan fingerprint density at radius 3 is 2.93 bits per heavy atom. The Labute approximate surface area is 90.0 Å². The molecule has 15 heavy (non-hydrogen) atoms. The fourth-order valence-electron chi connectivity index (χ4n) is 0.773. The number of halogens is 2. The molecule has 0 amide bonds. The van der Waals surface area contributed by atoms with Crippen LogP contribution < -0.4 is 11.2 Å². The summed E-state index contributed by atoms with van der Waals surface area (Å²) in [6.45, 7) is 0. The topological polar surface area (TPSA) is 83.0 Å². The van der Waals surface area contributed by atoms with Gasteiger partial charge in [-0.3, -0.25) is 5.21 Å². The van der Waals surface area contributed by atoms with Crippen molar-refractivity contribution in [1.29, 1.82) is 0 Å². The average molecular weight is 231 g/mol. The predicted octanol–water partition coefficient (Wildman–Crippen LogP) is 1.11. The Hall–Kier alpha value is -1.66. The summed E-state index contributed by atoms with van der Waals surface area (Å²) < 4.78 is 12.7. The lowest BCUT2D eigenvalue weighted by molar-refractivity contribution is 0.232. The number of benzene rings is 1. The monoisotopic (exact) mass is 230 g/mol. The highest BCUT2D eigenvalue weighted by atomic mass is 35.5. The van der Waals surface area contributed by atoms with Crippen molar-refractivity contribution in [1.82, 2.24) is 5.48 Å². The van der Waals surface area contributed by atoms with Crippen molar-refractivity contribution in [3.05, 3.63) is 34.6 Å². The summed E-state index contributed by atoms with van der Waals surface area (Å²) >= 11 is 5.53. The van der Waals surface area contributed by atoms with E-state index in [9.17, 15) is 4.39 Å². The molecule has 0 unspecified atom stereocenters. The highest BCUT2D eigenvalue weighted by molar-refractivity contribution is 6.31. The van der Waals surface area contributed by atoms with Gasteiger partial charge in [0.25, 0.3) is 0 Å². The third-order valence-corrected chi connectivity index (χ3v) is 1.72. The lowest BCUT2D eigenvalue weighted by Gasteiger charge is -1.95. The minimum atomic E-state index is -0.506. The van der Waals surface area contributed by atoms with Gasteiger partial charge in [0.15, 0.2) is 0 Å². The van der Waals surface area contributed by atoms with Crippen LogP contribution >= 0.6 is 11.6 Å². The molecular formula is C8H8ClFN4O.